The van der Waals surface area contributed by atoms with Crippen LogP contribution in [0.15, 0.2) is 0 Å². The molecule has 12 heavy (non-hydrogen) atoms. The van der Waals surface area contributed by atoms with Gasteiger partial charge in [0.2, 0.25) is 0 Å². The zero-order valence-corrected chi connectivity index (χ0v) is 9.19. The maximum absolute atomic E-state index is 8.77. The summed E-state index contributed by atoms with van der Waals surface area (Å²) in [6.45, 7) is 7.16. The van der Waals surface area contributed by atoms with Crippen LogP contribution in [0.3, 0.4) is 0 Å². The van der Waals surface area contributed by atoms with Crippen LogP contribution in [0.4, 0.5) is 0 Å². The van der Waals surface area contributed by atoms with Crippen molar-refractivity contribution in [2.24, 2.45) is 0 Å². The van der Waals surface area contributed by atoms with E-state index in [1.807, 2.05) is 20.8 Å². The summed E-state index contributed by atoms with van der Waals surface area (Å²) < 4.78 is 10.8. The highest BCUT2D eigenvalue weighted by Gasteiger charge is 2.23. The van der Waals surface area contributed by atoms with Crippen molar-refractivity contribution >= 4 is 9.28 Å². The molecule has 0 aromatic heterocycles. The van der Waals surface area contributed by atoms with Gasteiger partial charge < -0.3 is 8.85 Å². The van der Waals surface area contributed by atoms with Gasteiger partial charge in [0, 0.05) is 13.2 Å². The van der Waals surface area contributed by atoms with Crippen molar-refractivity contribution in [3.05, 3.63) is 0 Å². The van der Waals surface area contributed by atoms with Crippen LogP contribution in [0.1, 0.15) is 27.2 Å². The molecule has 70 valence electrons. The molecule has 0 spiro atoms. The molecule has 0 saturated carbocycles. The van der Waals surface area contributed by atoms with E-state index >= 15 is 0 Å². The molecule has 0 heterocycles. The van der Waals surface area contributed by atoms with E-state index in [0.29, 0.717) is 13.2 Å². The Kier molecular flexibility index (Phi) is 7.06. The summed E-state index contributed by atoms with van der Waals surface area (Å²) in [5.74, 6) is 0. The lowest BCUT2D eigenvalue weighted by atomic mass is 10.4. The molecule has 0 aromatic carbocycles. The van der Waals surface area contributed by atoms with Crippen LogP contribution < -0.4 is 0 Å². The van der Waals surface area contributed by atoms with Gasteiger partial charge in [0.05, 0.1) is 11.6 Å². The predicted molar refractivity (Wildman–Crippen MR) is 50.1 cm³/mol. The molecule has 1 atom stereocenters. The summed E-state index contributed by atoms with van der Waals surface area (Å²) in [4.78, 5) is 0. The van der Waals surface area contributed by atoms with Gasteiger partial charge >= 0.3 is 9.28 Å². The van der Waals surface area contributed by atoms with Gasteiger partial charge in [-0.2, -0.15) is 5.26 Å². The van der Waals surface area contributed by atoms with Crippen molar-refractivity contribution in [1.29, 1.82) is 5.26 Å². The van der Waals surface area contributed by atoms with Crippen LogP contribution in [0.5, 0.6) is 0 Å². The molecule has 0 N–H and O–H groups in total. The summed E-state index contributed by atoms with van der Waals surface area (Å²) in [6, 6.07) is 2.23. The van der Waals surface area contributed by atoms with Crippen LogP contribution in [-0.2, 0) is 8.85 Å². The Hall–Kier alpha value is -0.373. The fourth-order valence-electron chi connectivity index (χ4n) is 0.954. The molecule has 0 amide bonds. The zero-order chi connectivity index (χ0) is 9.40. The summed E-state index contributed by atoms with van der Waals surface area (Å²) >= 11 is 0. The van der Waals surface area contributed by atoms with E-state index < -0.39 is 9.28 Å². The Labute approximate surface area is 76.1 Å². The van der Waals surface area contributed by atoms with E-state index in [-0.39, 0.29) is 5.54 Å². The van der Waals surface area contributed by atoms with Crippen molar-refractivity contribution in [3.8, 4) is 6.07 Å². The molecule has 0 aliphatic rings. The van der Waals surface area contributed by atoms with Crippen molar-refractivity contribution < 1.29 is 8.85 Å². The first-order chi connectivity index (χ1) is 5.79. The normalized spacial score (nSPS) is 12.9. The van der Waals surface area contributed by atoms with Crippen molar-refractivity contribution in [3.63, 3.8) is 0 Å². The lowest BCUT2D eigenvalue weighted by Crippen LogP contribution is -2.28. The van der Waals surface area contributed by atoms with Gasteiger partial charge in [-0.3, -0.25) is 0 Å². The lowest BCUT2D eigenvalue weighted by Gasteiger charge is -2.17. The van der Waals surface area contributed by atoms with Crippen LogP contribution in [0.2, 0.25) is 5.54 Å². The molecule has 0 aromatic rings. The fourth-order valence-corrected chi connectivity index (χ4v) is 2.68. The van der Waals surface area contributed by atoms with Gasteiger partial charge in [-0.1, -0.05) is 6.92 Å². The summed E-state index contributed by atoms with van der Waals surface area (Å²) in [5.41, 5.74) is -0.00935. The zero-order valence-electron chi connectivity index (χ0n) is 8.04. The van der Waals surface area contributed by atoms with Gasteiger partial charge in [-0.15, -0.1) is 0 Å². The second-order valence-electron chi connectivity index (χ2n) is 2.42. The SMILES string of the molecule is CCO[SiH](OCC)C(C#N)CC. The molecule has 0 bridgehead atoms. The third-order valence-electron chi connectivity index (χ3n) is 1.60. The Morgan fingerprint density at radius 2 is 1.75 bits per heavy atom. The molecule has 0 radical (unpaired) electrons. The molecule has 4 heteroatoms. The number of hydrogen-bond donors (Lipinski definition) is 0. The average molecular weight is 187 g/mol. The first-order valence-corrected chi connectivity index (χ1v) is 6.03. The largest absolute Gasteiger partial charge is 0.396 e. The number of nitrogens with zero attached hydrogens (tertiary/aromatic N) is 1. The topological polar surface area (TPSA) is 42.2 Å². The Bertz CT molecular complexity index is 140. The highest BCUT2D eigenvalue weighted by Crippen LogP contribution is 2.15. The molecular weight excluding hydrogens is 170 g/mol. The minimum absolute atomic E-state index is 0.00935. The Balaban J connectivity index is 3.97. The lowest BCUT2D eigenvalue weighted by molar-refractivity contribution is 0.208. The molecule has 0 fully saturated rings. The average Bonchev–Trinajstić information content (AvgIpc) is 2.07. The van der Waals surface area contributed by atoms with Gasteiger partial charge in [0.1, 0.15) is 0 Å². The summed E-state index contributed by atoms with van der Waals surface area (Å²) in [5, 5.41) is 8.77. The van der Waals surface area contributed by atoms with Crippen molar-refractivity contribution in [2.75, 3.05) is 13.2 Å². The van der Waals surface area contributed by atoms with Gasteiger partial charge in [-0.25, -0.2) is 0 Å². The molecular formula is C8H17NO2Si. The first-order valence-electron chi connectivity index (χ1n) is 4.42. The maximum atomic E-state index is 8.77. The summed E-state index contributed by atoms with van der Waals surface area (Å²) in [6.07, 6.45) is 0.827. The molecule has 0 saturated heterocycles. The van der Waals surface area contributed by atoms with Crippen molar-refractivity contribution in [2.45, 2.75) is 32.7 Å². The minimum atomic E-state index is -1.71. The van der Waals surface area contributed by atoms with E-state index in [0.717, 1.165) is 6.42 Å². The standard InChI is InChI=1S/C8H17NO2Si/c1-4-8(7-9)12(10-5-2)11-6-3/h8,12H,4-6H2,1-3H3. The molecule has 1 unspecified atom stereocenters. The van der Waals surface area contributed by atoms with Gasteiger partial charge in [0.25, 0.3) is 0 Å². The quantitative estimate of drug-likeness (QED) is 0.593. The van der Waals surface area contributed by atoms with Crippen LogP contribution >= 0.6 is 0 Å². The molecule has 0 rings (SSSR count). The van der Waals surface area contributed by atoms with Gasteiger partial charge in [-0.05, 0) is 20.3 Å². The monoisotopic (exact) mass is 187 g/mol. The Morgan fingerprint density at radius 1 is 1.25 bits per heavy atom. The predicted octanol–water partition coefficient (Wildman–Crippen LogP) is 1.58. The van der Waals surface area contributed by atoms with Crippen molar-refractivity contribution in [1.82, 2.24) is 0 Å². The number of rotatable bonds is 6. The van der Waals surface area contributed by atoms with E-state index in [1.54, 1.807) is 0 Å². The van der Waals surface area contributed by atoms with E-state index in [1.165, 1.54) is 0 Å². The van der Waals surface area contributed by atoms with Crippen LogP contribution in [0, 0.1) is 11.3 Å². The van der Waals surface area contributed by atoms with Gasteiger partial charge in [0.15, 0.2) is 0 Å². The highest BCUT2D eigenvalue weighted by atomic mass is 28.3. The third-order valence-corrected chi connectivity index (χ3v) is 4.20. The fraction of sp³-hybridized carbons (Fsp3) is 0.875. The highest BCUT2D eigenvalue weighted by molar-refractivity contribution is 6.47. The molecule has 3 nitrogen and oxygen atoms in total. The second kappa shape index (κ2) is 7.29. The number of hydrogen-bond acceptors (Lipinski definition) is 3. The van der Waals surface area contributed by atoms with E-state index in [4.69, 9.17) is 14.1 Å². The van der Waals surface area contributed by atoms with Crippen LogP contribution in [-0.4, -0.2) is 22.5 Å². The first kappa shape index (κ1) is 11.6. The molecule has 0 aliphatic heterocycles. The summed E-state index contributed by atoms with van der Waals surface area (Å²) in [7, 11) is -1.71. The smallest absolute Gasteiger partial charge is 0.339 e. The number of nitriles is 1. The van der Waals surface area contributed by atoms with Crippen LogP contribution in [0.25, 0.3) is 0 Å². The minimum Gasteiger partial charge on any atom is -0.396 e. The maximum Gasteiger partial charge on any atom is 0.339 e. The van der Waals surface area contributed by atoms with E-state index in [2.05, 4.69) is 6.07 Å². The second-order valence-corrected chi connectivity index (χ2v) is 4.63. The molecule has 0 aliphatic carbocycles. The third kappa shape index (κ3) is 3.86. The van der Waals surface area contributed by atoms with E-state index in [9.17, 15) is 0 Å². The Morgan fingerprint density at radius 3 is 2.00 bits per heavy atom.